The number of carbonyl (C=O) groups is 6. The summed E-state index contributed by atoms with van der Waals surface area (Å²) in [6, 6.07) is 38.8. The van der Waals surface area contributed by atoms with Gasteiger partial charge >= 0.3 is 0 Å². The molecule has 0 heterocycles. The number of nitrogens with two attached hydrogens (primary N) is 3. The lowest BCUT2D eigenvalue weighted by Crippen LogP contribution is -2.43. The van der Waals surface area contributed by atoms with Crippen molar-refractivity contribution in [3.05, 3.63) is 196 Å². The zero-order valence-corrected chi connectivity index (χ0v) is 44.3. The van der Waals surface area contributed by atoms with Gasteiger partial charge in [0.15, 0.2) is 0 Å². The van der Waals surface area contributed by atoms with E-state index in [2.05, 4.69) is 31.9 Å². The van der Waals surface area contributed by atoms with E-state index in [9.17, 15) is 44.1 Å². The second-order valence-electron chi connectivity index (χ2n) is 19.3. The van der Waals surface area contributed by atoms with Crippen molar-refractivity contribution in [1.29, 1.82) is 0 Å². The molecule has 0 spiro atoms. The molecule has 0 saturated heterocycles. The lowest BCUT2D eigenvalue weighted by atomic mass is 9.85. The monoisotopic (exact) mass is 1080 g/mol. The molecule has 0 aliphatic rings. The molecule has 3 atom stereocenters. The van der Waals surface area contributed by atoms with Crippen molar-refractivity contribution in [2.75, 3.05) is 35.6 Å². The van der Waals surface area contributed by atoms with E-state index in [1.807, 2.05) is 36.4 Å². The number of carbonyl (C=O) groups excluding carboxylic acids is 6. The average Bonchev–Trinajstić information content (AvgIpc) is 3.49. The Bertz CT molecular complexity index is 2590. The molecule has 0 radical (unpaired) electrons. The molecule has 0 bridgehead atoms. The highest BCUT2D eigenvalue weighted by atomic mass is 16.3. The number of amides is 6. The Kier molecular flexibility index (Phi) is 23.9. The van der Waals surface area contributed by atoms with Crippen LogP contribution in [-0.4, -0.2) is 88.5 Å². The van der Waals surface area contributed by atoms with Crippen LogP contribution in [0.25, 0.3) is 0 Å². The fourth-order valence-electron chi connectivity index (χ4n) is 8.84. The predicted molar refractivity (Wildman–Crippen MR) is 306 cm³/mol. The summed E-state index contributed by atoms with van der Waals surface area (Å²) in [4.78, 5) is 81.3. The lowest BCUT2D eigenvalue weighted by molar-refractivity contribution is -0.118. The van der Waals surface area contributed by atoms with Crippen molar-refractivity contribution in [3.8, 4) is 0 Å². The number of hydrogen-bond donors (Lipinski definition) is 12. The Morgan fingerprint density at radius 3 is 0.797 bits per heavy atom. The van der Waals surface area contributed by atoms with Gasteiger partial charge in [0.05, 0.1) is 19.8 Å². The largest absolute Gasteiger partial charge is 0.392 e. The van der Waals surface area contributed by atoms with Crippen molar-refractivity contribution in [3.63, 3.8) is 0 Å². The van der Waals surface area contributed by atoms with E-state index in [0.29, 0.717) is 128 Å². The first kappa shape index (κ1) is 60.1. The topological polar surface area (TPSA) is 313 Å². The third kappa shape index (κ3) is 18.2. The molecule has 0 fully saturated rings. The van der Waals surface area contributed by atoms with Gasteiger partial charge in [0.2, 0.25) is 17.7 Å². The van der Waals surface area contributed by atoms with E-state index < -0.39 is 59.5 Å². The summed E-state index contributed by atoms with van der Waals surface area (Å²) in [5.74, 6) is -2.94. The van der Waals surface area contributed by atoms with Gasteiger partial charge in [-0.3, -0.25) is 28.8 Å². The van der Waals surface area contributed by atoms with Crippen LogP contribution in [0, 0.1) is 0 Å². The lowest BCUT2D eigenvalue weighted by Gasteiger charge is -2.22. The molecule has 6 amide bonds. The number of benzene rings is 6. The predicted octanol–water partition coefficient (Wildman–Crippen LogP) is 5.94. The second kappa shape index (κ2) is 31.3. The van der Waals surface area contributed by atoms with Gasteiger partial charge in [-0.2, -0.15) is 0 Å². The maximum absolute atomic E-state index is 13.8. The minimum absolute atomic E-state index is 0.166. The van der Waals surface area contributed by atoms with Crippen molar-refractivity contribution >= 4 is 52.5 Å². The molecular formula is C61H73N9O9. The Balaban J connectivity index is 1.24. The van der Waals surface area contributed by atoms with Gasteiger partial charge in [-0.1, -0.05) is 72.8 Å². The number of aliphatic hydroxyl groups is 3. The number of anilines is 3. The van der Waals surface area contributed by atoms with E-state index in [-0.39, 0.29) is 19.8 Å². The summed E-state index contributed by atoms with van der Waals surface area (Å²) in [6.45, 7) is 0.795. The molecule has 0 aliphatic heterocycles. The second-order valence-corrected chi connectivity index (χ2v) is 19.3. The molecule has 416 valence electrons. The summed E-state index contributed by atoms with van der Waals surface area (Å²) < 4.78 is 0. The van der Waals surface area contributed by atoms with Gasteiger partial charge in [0.1, 0.15) is 18.1 Å². The zero-order valence-electron chi connectivity index (χ0n) is 44.3. The van der Waals surface area contributed by atoms with Crippen LogP contribution in [0.4, 0.5) is 17.1 Å². The number of hydrogen-bond acceptors (Lipinski definition) is 12. The van der Waals surface area contributed by atoms with Crippen LogP contribution < -0.4 is 49.1 Å². The molecule has 79 heavy (non-hydrogen) atoms. The van der Waals surface area contributed by atoms with Gasteiger partial charge in [-0.05, 0) is 184 Å². The molecular weight excluding hydrogens is 1000 g/mol. The molecule has 6 aromatic carbocycles. The van der Waals surface area contributed by atoms with Gasteiger partial charge < -0.3 is 64.4 Å². The first-order valence-electron chi connectivity index (χ1n) is 26.7. The van der Waals surface area contributed by atoms with Gasteiger partial charge in [0.25, 0.3) is 17.7 Å². The van der Waals surface area contributed by atoms with Gasteiger partial charge in [-0.15, -0.1) is 0 Å². The third-order valence-corrected chi connectivity index (χ3v) is 13.4. The average molecular weight is 1080 g/mol. The van der Waals surface area contributed by atoms with Crippen molar-refractivity contribution in [1.82, 2.24) is 16.0 Å². The molecule has 0 saturated carbocycles. The van der Waals surface area contributed by atoms with Crippen molar-refractivity contribution < 1.29 is 44.1 Å². The van der Waals surface area contributed by atoms with Crippen LogP contribution in [0.3, 0.4) is 0 Å². The van der Waals surface area contributed by atoms with Crippen LogP contribution in [0.15, 0.2) is 146 Å². The minimum atomic E-state index is -0.869. The third-order valence-electron chi connectivity index (χ3n) is 13.4. The number of unbranched alkanes of at least 4 members (excludes halogenated alkanes) is 3. The zero-order chi connectivity index (χ0) is 56.5. The molecule has 18 heteroatoms. The van der Waals surface area contributed by atoms with Crippen molar-refractivity contribution in [2.45, 2.75) is 102 Å². The standard InChI is InChI=1S/C61H73N9O9/c62-34-4-1-7-52(68-56(74)46-16-10-40(37-71)11-17-46)59(77)65-49-28-22-43(23-29-49)55(44-24-30-50(31-25-44)66-60(78)53(8-2-5-35-63)69-57(75)47-18-12-41(38-72)13-19-47)45-26-32-51(33-27-45)67-61(79)54(9-3-6-36-64)70-58(76)48-20-14-42(39-73)15-21-48/h10-33,52-55,71-73H,1-9,34-39,62-64H2,(H,65,77)(H,66,78)(H,67,79)(H,68,74)(H,69,75)(H,70,76)/t52-,53-,54-/m1/s1. The molecule has 6 aromatic rings. The van der Waals surface area contributed by atoms with Gasteiger partial charge in [0, 0.05) is 39.7 Å². The number of aliphatic hydroxyl groups excluding tert-OH is 3. The number of rotatable bonds is 30. The fraction of sp³-hybridized carbons (Fsp3) is 0.311. The Labute approximate surface area is 461 Å². The summed E-state index contributed by atoms with van der Waals surface area (Å²) in [5, 5.41) is 45.8. The highest BCUT2D eigenvalue weighted by Crippen LogP contribution is 2.34. The SMILES string of the molecule is NCCCC[C@@H](NC(=O)c1ccc(CO)cc1)C(=O)Nc1ccc(C(c2ccc(NC(=O)[C@@H](CCCCN)NC(=O)c3ccc(CO)cc3)cc2)c2ccc(NC(=O)[C@@H](CCCCN)NC(=O)c3ccc(CO)cc3)cc2)cc1. The highest BCUT2D eigenvalue weighted by Gasteiger charge is 2.26. The van der Waals surface area contributed by atoms with Gasteiger partial charge in [-0.25, -0.2) is 0 Å². The van der Waals surface area contributed by atoms with E-state index >= 15 is 0 Å². The summed E-state index contributed by atoms with van der Waals surface area (Å²) in [5.41, 5.74) is 24.2. The first-order chi connectivity index (χ1) is 38.4. The Hall–Kier alpha value is -8.10. The van der Waals surface area contributed by atoms with Crippen LogP contribution in [-0.2, 0) is 34.2 Å². The molecule has 0 aromatic heterocycles. The summed E-state index contributed by atoms with van der Waals surface area (Å²) >= 11 is 0. The van der Waals surface area contributed by atoms with E-state index in [0.717, 1.165) is 16.7 Å². The van der Waals surface area contributed by atoms with E-state index in [1.54, 1.807) is 109 Å². The van der Waals surface area contributed by atoms with Crippen LogP contribution in [0.2, 0.25) is 0 Å². The molecule has 0 aliphatic carbocycles. The quantitative estimate of drug-likeness (QED) is 0.0184. The molecule has 15 N–H and O–H groups in total. The Morgan fingerprint density at radius 1 is 0.342 bits per heavy atom. The van der Waals surface area contributed by atoms with E-state index in [4.69, 9.17) is 17.2 Å². The minimum Gasteiger partial charge on any atom is -0.392 e. The van der Waals surface area contributed by atoms with Crippen LogP contribution >= 0.6 is 0 Å². The van der Waals surface area contributed by atoms with Crippen LogP contribution in [0.1, 0.15) is 128 Å². The molecule has 18 nitrogen and oxygen atoms in total. The number of nitrogens with one attached hydrogen (secondary N) is 6. The first-order valence-corrected chi connectivity index (χ1v) is 26.7. The van der Waals surface area contributed by atoms with Crippen molar-refractivity contribution in [2.24, 2.45) is 17.2 Å². The molecule has 6 rings (SSSR count). The van der Waals surface area contributed by atoms with E-state index in [1.165, 1.54) is 0 Å². The molecule has 0 unspecified atom stereocenters. The summed E-state index contributed by atoms with van der Waals surface area (Å²) in [7, 11) is 0. The summed E-state index contributed by atoms with van der Waals surface area (Å²) in [6.07, 6.45) is 4.85. The van der Waals surface area contributed by atoms with Crippen LogP contribution in [0.5, 0.6) is 0 Å². The smallest absolute Gasteiger partial charge is 0.251 e. The Morgan fingerprint density at radius 2 is 0.582 bits per heavy atom. The normalized spacial score (nSPS) is 12.2. The highest BCUT2D eigenvalue weighted by molar-refractivity contribution is 6.03. The fourth-order valence-corrected chi connectivity index (χ4v) is 8.84. The maximum Gasteiger partial charge on any atom is 0.251 e. The maximum atomic E-state index is 13.8.